The molecule has 0 aliphatic rings. The van der Waals surface area contributed by atoms with E-state index in [9.17, 15) is 9.59 Å². The first-order valence-corrected chi connectivity index (χ1v) is 9.26. The van der Waals surface area contributed by atoms with Crippen LogP contribution in [-0.4, -0.2) is 27.4 Å². The summed E-state index contributed by atoms with van der Waals surface area (Å²) >= 11 is 0. The van der Waals surface area contributed by atoms with E-state index >= 15 is 0 Å². The minimum Gasteiger partial charge on any atom is -0.444 e. The van der Waals surface area contributed by atoms with E-state index in [1.165, 1.54) is 0 Å². The molecule has 2 N–H and O–H groups in total. The predicted octanol–water partition coefficient (Wildman–Crippen LogP) is 4.53. The first kappa shape index (κ1) is 20.1. The first-order valence-electron chi connectivity index (χ1n) is 9.26. The zero-order chi connectivity index (χ0) is 20.9. The summed E-state index contributed by atoms with van der Waals surface area (Å²) in [6.07, 6.45) is 3.10. The summed E-state index contributed by atoms with van der Waals surface area (Å²) in [6.45, 7) is 6.06. The minimum atomic E-state index is -0.572. The second kappa shape index (κ2) is 8.60. The lowest BCUT2D eigenvalue weighted by atomic mass is 10.1. The number of nitrogens with one attached hydrogen (secondary N) is 2. The Labute approximate surface area is 169 Å². The van der Waals surface area contributed by atoms with Crippen molar-refractivity contribution >= 4 is 23.4 Å². The third-order valence-corrected chi connectivity index (χ3v) is 3.91. The molecule has 0 radical (unpaired) electrons. The molecule has 0 saturated heterocycles. The van der Waals surface area contributed by atoms with Crippen molar-refractivity contribution in [3.8, 4) is 0 Å². The second-order valence-electron chi connectivity index (χ2n) is 7.56. The molecule has 0 unspecified atom stereocenters. The van der Waals surface area contributed by atoms with Crippen molar-refractivity contribution in [2.45, 2.75) is 32.9 Å². The van der Waals surface area contributed by atoms with Gasteiger partial charge in [-0.25, -0.2) is 4.79 Å². The van der Waals surface area contributed by atoms with Crippen LogP contribution in [0.15, 0.2) is 67.0 Å². The lowest BCUT2D eigenvalue weighted by Crippen LogP contribution is -2.27. The molecule has 3 rings (SSSR count). The van der Waals surface area contributed by atoms with Gasteiger partial charge in [-0.15, -0.1) is 0 Å². The zero-order valence-electron chi connectivity index (χ0n) is 16.7. The standard InChI is InChI=1S/C22H24N4O3/c1-22(2,3)29-21(28)25-19-11-7-17(8-12-19)20(27)24-18-9-5-16(6-10-18)15-26-14-4-13-23-26/h4-14H,15H2,1-3H3,(H,24,27)(H,25,28). The minimum absolute atomic E-state index is 0.228. The van der Waals surface area contributed by atoms with E-state index in [0.717, 1.165) is 5.56 Å². The highest BCUT2D eigenvalue weighted by Gasteiger charge is 2.16. The second-order valence-corrected chi connectivity index (χ2v) is 7.56. The van der Waals surface area contributed by atoms with Gasteiger partial charge in [-0.1, -0.05) is 12.1 Å². The highest BCUT2D eigenvalue weighted by Crippen LogP contribution is 2.15. The first-order chi connectivity index (χ1) is 13.8. The van der Waals surface area contributed by atoms with Crippen LogP contribution in [0, 0.1) is 0 Å². The Morgan fingerprint density at radius 3 is 2.17 bits per heavy atom. The van der Waals surface area contributed by atoms with Gasteiger partial charge in [0.15, 0.2) is 0 Å². The van der Waals surface area contributed by atoms with Crippen LogP contribution >= 0.6 is 0 Å². The van der Waals surface area contributed by atoms with E-state index in [-0.39, 0.29) is 5.91 Å². The Bertz CT molecular complexity index is 957. The molecular formula is C22H24N4O3. The van der Waals surface area contributed by atoms with Crippen molar-refractivity contribution in [1.29, 1.82) is 0 Å². The third-order valence-electron chi connectivity index (χ3n) is 3.91. The number of nitrogens with zero attached hydrogens (tertiary/aromatic N) is 2. The Hall–Kier alpha value is -3.61. The molecule has 1 heterocycles. The molecule has 7 heteroatoms. The summed E-state index contributed by atoms with van der Waals surface area (Å²) in [5, 5.41) is 9.68. The fourth-order valence-corrected chi connectivity index (χ4v) is 2.60. The van der Waals surface area contributed by atoms with Crippen molar-refractivity contribution in [2.24, 2.45) is 0 Å². The molecular weight excluding hydrogens is 368 g/mol. The molecule has 1 aromatic heterocycles. The van der Waals surface area contributed by atoms with Crippen molar-refractivity contribution in [3.05, 3.63) is 78.1 Å². The molecule has 2 aromatic carbocycles. The van der Waals surface area contributed by atoms with Crippen molar-refractivity contribution in [1.82, 2.24) is 9.78 Å². The average Bonchev–Trinajstić information content (AvgIpc) is 3.15. The molecule has 29 heavy (non-hydrogen) atoms. The van der Waals surface area contributed by atoms with Crippen LogP contribution in [0.3, 0.4) is 0 Å². The van der Waals surface area contributed by atoms with Crippen LogP contribution < -0.4 is 10.6 Å². The SMILES string of the molecule is CC(C)(C)OC(=O)Nc1ccc(C(=O)Nc2ccc(Cn3cccn3)cc2)cc1. The number of aromatic nitrogens is 2. The molecule has 2 amide bonds. The quantitative estimate of drug-likeness (QED) is 0.668. The molecule has 0 aliphatic heterocycles. The smallest absolute Gasteiger partial charge is 0.412 e. The topological polar surface area (TPSA) is 85.2 Å². The normalized spacial score (nSPS) is 11.0. The number of ether oxygens (including phenoxy) is 1. The van der Waals surface area contributed by atoms with Crippen LogP contribution in [0.2, 0.25) is 0 Å². The van der Waals surface area contributed by atoms with E-state index < -0.39 is 11.7 Å². The van der Waals surface area contributed by atoms with Crippen molar-refractivity contribution in [2.75, 3.05) is 10.6 Å². The van der Waals surface area contributed by atoms with Crippen LogP contribution in [-0.2, 0) is 11.3 Å². The lowest BCUT2D eigenvalue weighted by molar-refractivity contribution is 0.0636. The van der Waals surface area contributed by atoms with Crippen LogP contribution in [0.1, 0.15) is 36.7 Å². The van der Waals surface area contributed by atoms with E-state index in [1.54, 1.807) is 51.2 Å². The Morgan fingerprint density at radius 2 is 1.59 bits per heavy atom. The van der Waals surface area contributed by atoms with Crippen molar-refractivity contribution < 1.29 is 14.3 Å². The van der Waals surface area contributed by atoms with E-state index in [1.807, 2.05) is 41.2 Å². The molecule has 150 valence electrons. The summed E-state index contributed by atoms with van der Waals surface area (Å²) < 4.78 is 7.04. The third kappa shape index (κ3) is 6.21. The van der Waals surface area contributed by atoms with Crippen LogP contribution in [0.25, 0.3) is 0 Å². The average molecular weight is 392 g/mol. The number of anilines is 2. The summed E-state index contributed by atoms with van der Waals surface area (Å²) in [5.41, 5.74) is 2.26. The fraction of sp³-hybridized carbons (Fsp3) is 0.227. The van der Waals surface area contributed by atoms with Gasteiger partial charge in [-0.3, -0.25) is 14.8 Å². The number of carbonyl (C=O) groups is 2. The maximum Gasteiger partial charge on any atom is 0.412 e. The van der Waals surface area contributed by atoms with E-state index in [0.29, 0.717) is 23.5 Å². The van der Waals surface area contributed by atoms with Gasteiger partial charge in [0, 0.05) is 29.3 Å². The van der Waals surface area contributed by atoms with Gasteiger partial charge in [-0.2, -0.15) is 5.10 Å². The zero-order valence-corrected chi connectivity index (χ0v) is 16.7. The van der Waals surface area contributed by atoms with Gasteiger partial charge >= 0.3 is 6.09 Å². The number of rotatable bonds is 5. The highest BCUT2D eigenvalue weighted by molar-refractivity contribution is 6.04. The van der Waals surface area contributed by atoms with Gasteiger partial charge in [0.1, 0.15) is 5.60 Å². The summed E-state index contributed by atoms with van der Waals surface area (Å²) in [4.78, 5) is 24.2. The molecule has 3 aromatic rings. The number of benzene rings is 2. The predicted molar refractivity (Wildman–Crippen MR) is 112 cm³/mol. The van der Waals surface area contributed by atoms with Crippen molar-refractivity contribution in [3.63, 3.8) is 0 Å². The monoisotopic (exact) mass is 392 g/mol. The molecule has 7 nitrogen and oxygen atoms in total. The Balaban J connectivity index is 1.55. The maximum atomic E-state index is 12.4. The molecule has 0 bridgehead atoms. The van der Waals surface area contributed by atoms with E-state index in [2.05, 4.69) is 15.7 Å². The number of carbonyl (C=O) groups excluding carboxylic acids is 2. The van der Waals surface area contributed by atoms with Gasteiger partial charge in [0.05, 0.1) is 6.54 Å². The molecule has 0 saturated carbocycles. The van der Waals surface area contributed by atoms with Gasteiger partial charge in [0.2, 0.25) is 0 Å². The summed E-state index contributed by atoms with van der Waals surface area (Å²) in [6, 6.07) is 16.1. The molecule has 0 fully saturated rings. The number of hydrogen-bond acceptors (Lipinski definition) is 4. The Morgan fingerprint density at radius 1 is 0.966 bits per heavy atom. The Kier molecular flexibility index (Phi) is 5.97. The summed E-state index contributed by atoms with van der Waals surface area (Å²) in [7, 11) is 0. The van der Waals surface area contributed by atoms with Crippen LogP contribution in [0.4, 0.5) is 16.2 Å². The van der Waals surface area contributed by atoms with Gasteiger partial charge in [-0.05, 0) is 68.8 Å². The largest absolute Gasteiger partial charge is 0.444 e. The molecule has 0 spiro atoms. The molecule has 0 atom stereocenters. The van der Waals surface area contributed by atoms with Gasteiger partial charge in [0.25, 0.3) is 5.91 Å². The lowest BCUT2D eigenvalue weighted by Gasteiger charge is -2.19. The number of hydrogen-bond donors (Lipinski definition) is 2. The fourth-order valence-electron chi connectivity index (χ4n) is 2.60. The summed E-state index contributed by atoms with van der Waals surface area (Å²) in [5.74, 6) is -0.228. The maximum absolute atomic E-state index is 12.4. The number of amides is 2. The van der Waals surface area contributed by atoms with E-state index in [4.69, 9.17) is 4.74 Å². The van der Waals surface area contributed by atoms with Gasteiger partial charge < -0.3 is 10.1 Å². The highest BCUT2D eigenvalue weighted by atomic mass is 16.6. The molecule has 0 aliphatic carbocycles. The van der Waals surface area contributed by atoms with Crippen LogP contribution in [0.5, 0.6) is 0 Å².